The smallest absolute Gasteiger partial charge is 0.230 e. The molecule has 0 radical (unpaired) electrons. The van der Waals surface area contributed by atoms with Crippen molar-refractivity contribution in [1.82, 2.24) is 0 Å². The Morgan fingerprint density at radius 2 is 1.58 bits per heavy atom. The Balaban J connectivity index is 2.10. The van der Waals surface area contributed by atoms with Crippen LogP contribution in [0.25, 0.3) is 22.3 Å². The van der Waals surface area contributed by atoms with Crippen LogP contribution in [0.5, 0.6) is 11.5 Å². The first-order valence-electron chi connectivity index (χ1n) is 7.70. The average molecular weight is 353 g/mol. The highest BCUT2D eigenvalue weighted by Gasteiger charge is 2.17. The maximum atomic E-state index is 12.2. The number of aromatic hydroxyl groups is 2. The standard InChI is InChI=1S/C19H15NO6/c1-10(21)20(11(2)22)13-5-3-12(4-6-13)17-9-16(24)14-7-8-15(23)18(25)19(14)26-17/h3-9,23,25H,1-2H3. The van der Waals surface area contributed by atoms with E-state index in [1.54, 1.807) is 24.3 Å². The molecular formula is C19H15NO6. The van der Waals surface area contributed by atoms with Gasteiger partial charge in [-0.05, 0) is 36.4 Å². The Morgan fingerprint density at radius 1 is 0.962 bits per heavy atom. The van der Waals surface area contributed by atoms with Gasteiger partial charge in [0, 0.05) is 25.5 Å². The second-order valence-electron chi connectivity index (χ2n) is 5.71. The molecule has 26 heavy (non-hydrogen) atoms. The minimum atomic E-state index is -0.516. The quantitative estimate of drug-likeness (QED) is 0.686. The van der Waals surface area contributed by atoms with E-state index in [1.165, 1.54) is 32.0 Å². The van der Waals surface area contributed by atoms with Crippen LogP contribution in [0.3, 0.4) is 0 Å². The molecule has 2 aromatic carbocycles. The third-order valence-corrected chi connectivity index (χ3v) is 3.89. The summed E-state index contributed by atoms with van der Waals surface area (Å²) >= 11 is 0. The van der Waals surface area contributed by atoms with Gasteiger partial charge >= 0.3 is 0 Å². The fourth-order valence-electron chi connectivity index (χ4n) is 2.70. The summed E-state index contributed by atoms with van der Waals surface area (Å²) in [5.74, 6) is -1.57. The van der Waals surface area contributed by atoms with E-state index in [4.69, 9.17) is 4.42 Å². The first kappa shape index (κ1) is 17.2. The highest BCUT2D eigenvalue weighted by molar-refractivity contribution is 6.13. The van der Waals surface area contributed by atoms with Gasteiger partial charge in [-0.3, -0.25) is 19.3 Å². The van der Waals surface area contributed by atoms with Gasteiger partial charge < -0.3 is 14.6 Å². The third kappa shape index (κ3) is 2.90. The molecule has 2 N–H and O–H groups in total. The number of phenols is 2. The van der Waals surface area contributed by atoms with Gasteiger partial charge in [-0.1, -0.05) is 0 Å². The van der Waals surface area contributed by atoms with E-state index in [9.17, 15) is 24.6 Å². The summed E-state index contributed by atoms with van der Waals surface area (Å²) < 4.78 is 5.58. The molecule has 7 nitrogen and oxygen atoms in total. The van der Waals surface area contributed by atoms with Crippen LogP contribution in [0.15, 0.2) is 51.7 Å². The summed E-state index contributed by atoms with van der Waals surface area (Å²) in [5, 5.41) is 19.7. The van der Waals surface area contributed by atoms with Crippen molar-refractivity contribution in [2.75, 3.05) is 4.90 Å². The Bertz CT molecular complexity index is 1070. The normalized spacial score (nSPS) is 10.7. The van der Waals surface area contributed by atoms with E-state index in [0.29, 0.717) is 11.3 Å². The van der Waals surface area contributed by atoms with Crippen LogP contribution in [-0.2, 0) is 9.59 Å². The Kier molecular flexibility index (Phi) is 4.21. The molecule has 132 valence electrons. The summed E-state index contributed by atoms with van der Waals surface area (Å²) in [6.45, 7) is 2.57. The number of carbonyl (C=O) groups excluding carboxylic acids is 2. The van der Waals surface area contributed by atoms with Gasteiger partial charge in [-0.25, -0.2) is 0 Å². The second kappa shape index (κ2) is 6.36. The summed E-state index contributed by atoms with van der Waals surface area (Å²) in [7, 11) is 0. The number of amides is 2. The van der Waals surface area contributed by atoms with Gasteiger partial charge in [-0.2, -0.15) is 0 Å². The molecule has 3 rings (SSSR count). The van der Waals surface area contributed by atoms with Crippen LogP contribution in [0, 0.1) is 0 Å². The lowest BCUT2D eigenvalue weighted by molar-refractivity contribution is -0.124. The molecule has 0 spiro atoms. The Labute approximate surface area is 147 Å². The van der Waals surface area contributed by atoms with Crippen LogP contribution in [0.1, 0.15) is 13.8 Å². The fraction of sp³-hybridized carbons (Fsp3) is 0.105. The summed E-state index contributed by atoms with van der Waals surface area (Å²) in [6.07, 6.45) is 0. The maximum Gasteiger partial charge on any atom is 0.230 e. The number of imide groups is 1. The molecule has 0 saturated heterocycles. The molecule has 0 atom stereocenters. The molecule has 1 aromatic heterocycles. The van der Waals surface area contributed by atoms with Gasteiger partial charge in [-0.15, -0.1) is 0 Å². The number of anilines is 1. The number of rotatable bonds is 2. The number of benzene rings is 2. The van der Waals surface area contributed by atoms with E-state index in [0.717, 1.165) is 4.90 Å². The van der Waals surface area contributed by atoms with Crippen molar-refractivity contribution in [1.29, 1.82) is 0 Å². The van der Waals surface area contributed by atoms with E-state index in [2.05, 4.69) is 0 Å². The van der Waals surface area contributed by atoms with Crippen LogP contribution in [-0.4, -0.2) is 22.0 Å². The van der Waals surface area contributed by atoms with Gasteiger partial charge in [0.15, 0.2) is 16.8 Å². The highest BCUT2D eigenvalue weighted by atomic mass is 16.4. The molecule has 0 fully saturated rings. The number of carbonyl (C=O) groups is 2. The predicted octanol–water partition coefficient (Wildman–Crippen LogP) is 2.77. The minimum absolute atomic E-state index is 0.120. The van der Waals surface area contributed by atoms with E-state index >= 15 is 0 Å². The lowest BCUT2D eigenvalue weighted by atomic mass is 10.1. The molecule has 2 amide bonds. The van der Waals surface area contributed by atoms with Crippen molar-refractivity contribution in [3.05, 3.63) is 52.7 Å². The van der Waals surface area contributed by atoms with E-state index in [1.807, 2.05) is 0 Å². The van der Waals surface area contributed by atoms with E-state index in [-0.39, 0.29) is 22.2 Å². The maximum absolute atomic E-state index is 12.2. The molecule has 0 aliphatic rings. The largest absolute Gasteiger partial charge is 0.504 e. The molecule has 3 aromatic rings. The number of phenolic OH excluding ortho intramolecular Hbond substituents is 2. The van der Waals surface area contributed by atoms with Crippen LogP contribution in [0.4, 0.5) is 5.69 Å². The van der Waals surface area contributed by atoms with Gasteiger partial charge in [0.2, 0.25) is 17.6 Å². The lowest BCUT2D eigenvalue weighted by Crippen LogP contribution is -2.32. The van der Waals surface area contributed by atoms with Crippen LogP contribution < -0.4 is 10.3 Å². The number of nitrogens with zero attached hydrogens (tertiary/aromatic N) is 1. The molecule has 0 saturated carbocycles. The zero-order valence-electron chi connectivity index (χ0n) is 14.0. The third-order valence-electron chi connectivity index (χ3n) is 3.89. The lowest BCUT2D eigenvalue weighted by Gasteiger charge is -2.17. The summed E-state index contributed by atoms with van der Waals surface area (Å²) in [5.41, 5.74) is 0.389. The van der Waals surface area contributed by atoms with Crippen LogP contribution >= 0.6 is 0 Å². The number of hydrogen-bond donors (Lipinski definition) is 2. The molecule has 0 aliphatic heterocycles. The van der Waals surface area contributed by atoms with Gasteiger partial charge in [0.1, 0.15) is 5.76 Å². The van der Waals surface area contributed by atoms with Crippen LogP contribution in [0.2, 0.25) is 0 Å². The molecular weight excluding hydrogens is 338 g/mol. The Morgan fingerprint density at radius 3 is 2.15 bits per heavy atom. The SMILES string of the molecule is CC(=O)N(C(C)=O)c1ccc(-c2cc(=O)c3ccc(O)c(O)c3o2)cc1. The molecule has 7 heteroatoms. The minimum Gasteiger partial charge on any atom is -0.504 e. The van der Waals surface area contributed by atoms with Crippen molar-refractivity contribution in [3.63, 3.8) is 0 Å². The molecule has 0 bridgehead atoms. The molecule has 0 unspecified atom stereocenters. The first-order chi connectivity index (χ1) is 12.3. The first-order valence-corrected chi connectivity index (χ1v) is 7.70. The van der Waals surface area contributed by atoms with Gasteiger partial charge in [0.05, 0.1) is 11.1 Å². The summed E-state index contributed by atoms with van der Waals surface area (Å²) in [6, 6.07) is 10.1. The predicted molar refractivity (Wildman–Crippen MR) is 95.1 cm³/mol. The average Bonchev–Trinajstić information content (AvgIpc) is 2.58. The number of fused-ring (bicyclic) bond motifs is 1. The fourth-order valence-corrected chi connectivity index (χ4v) is 2.70. The van der Waals surface area contributed by atoms with Crippen molar-refractivity contribution in [3.8, 4) is 22.8 Å². The monoisotopic (exact) mass is 353 g/mol. The van der Waals surface area contributed by atoms with Crippen molar-refractivity contribution in [2.24, 2.45) is 0 Å². The molecule has 1 heterocycles. The van der Waals surface area contributed by atoms with Crippen molar-refractivity contribution >= 4 is 28.5 Å². The number of hydrogen-bond acceptors (Lipinski definition) is 6. The van der Waals surface area contributed by atoms with E-state index < -0.39 is 23.3 Å². The van der Waals surface area contributed by atoms with Gasteiger partial charge in [0.25, 0.3) is 0 Å². The zero-order chi connectivity index (χ0) is 19.0. The Hall–Kier alpha value is -3.61. The highest BCUT2D eigenvalue weighted by Crippen LogP contribution is 2.34. The van der Waals surface area contributed by atoms with Crippen molar-refractivity contribution in [2.45, 2.75) is 13.8 Å². The zero-order valence-corrected chi connectivity index (χ0v) is 14.0. The topological polar surface area (TPSA) is 108 Å². The second-order valence-corrected chi connectivity index (χ2v) is 5.71. The van der Waals surface area contributed by atoms with Crippen molar-refractivity contribution < 1.29 is 24.2 Å². The summed E-state index contributed by atoms with van der Waals surface area (Å²) in [4.78, 5) is 36.4. The molecule has 0 aliphatic carbocycles.